The molecule has 20 heavy (non-hydrogen) atoms. The number of aromatic nitrogens is 1. The average Bonchev–Trinajstić information content (AvgIpc) is 3.03. The van der Waals surface area contributed by atoms with Crippen LogP contribution >= 0.6 is 23.1 Å². The van der Waals surface area contributed by atoms with Gasteiger partial charge in [0.25, 0.3) is 0 Å². The Bertz CT molecular complexity index is 731. The molecule has 102 valence electrons. The molecule has 3 aromatic rings. The van der Waals surface area contributed by atoms with E-state index < -0.39 is 0 Å². The lowest BCUT2D eigenvalue weighted by atomic mass is 10.4. The highest BCUT2D eigenvalue weighted by molar-refractivity contribution is 7.99. The molecule has 0 spiro atoms. The number of hydrogen-bond donors (Lipinski definition) is 1. The van der Waals surface area contributed by atoms with Crippen molar-refractivity contribution in [3.8, 4) is 0 Å². The zero-order valence-corrected chi connectivity index (χ0v) is 12.5. The number of ether oxygens (including phenoxy) is 1. The van der Waals surface area contributed by atoms with Crippen molar-refractivity contribution in [2.24, 2.45) is 0 Å². The van der Waals surface area contributed by atoms with Gasteiger partial charge in [-0.05, 0) is 30.5 Å². The predicted octanol–water partition coefficient (Wildman–Crippen LogP) is 4.56. The van der Waals surface area contributed by atoms with Gasteiger partial charge in [-0.1, -0.05) is 30.0 Å². The molecule has 2 heterocycles. The number of thiophene rings is 1. The first-order valence-corrected chi connectivity index (χ1v) is 7.98. The summed E-state index contributed by atoms with van der Waals surface area (Å²) in [6.45, 7) is 2.19. The summed E-state index contributed by atoms with van der Waals surface area (Å²) < 4.78 is 6.23. The molecule has 0 bridgehead atoms. The first kappa shape index (κ1) is 13.3. The molecular formula is C15H13NO2S2. The zero-order chi connectivity index (χ0) is 13.9. The Kier molecular flexibility index (Phi) is 3.80. The maximum atomic E-state index is 12.1. The van der Waals surface area contributed by atoms with Crippen LogP contribution in [0.3, 0.4) is 0 Å². The molecule has 0 atom stereocenters. The number of nitrogens with one attached hydrogen (secondary N) is 1. The van der Waals surface area contributed by atoms with Crippen LogP contribution in [0.15, 0.2) is 51.6 Å². The van der Waals surface area contributed by atoms with E-state index >= 15 is 0 Å². The molecule has 0 fully saturated rings. The number of esters is 1. The maximum Gasteiger partial charge on any atom is 0.355 e. The van der Waals surface area contributed by atoms with Gasteiger partial charge in [-0.25, -0.2) is 4.79 Å². The third-order valence-electron chi connectivity index (χ3n) is 2.80. The molecule has 0 aliphatic rings. The Hall–Kier alpha value is -1.72. The summed E-state index contributed by atoms with van der Waals surface area (Å²) in [6.07, 6.45) is 0. The molecule has 5 heteroatoms. The minimum atomic E-state index is -0.297. The summed E-state index contributed by atoms with van der Waals surface area (Å²) in [4.78, 5) is 17.3. The summed E-state index contributed by atoms with van der Waals surface area (Å²) in [5.74, 6) is -0.297. The van der Waals surface area contributed by atoms with Gasteiger partial charge < -0.3 is 9.72 Å². The molecule has 0 saturated carbocycles. The first-order chi connectivity index (χ1) is 9.79. The first-order valence-electron chi connectivity index (χ1n) is 6.28. The monoisotopic (exact) mass is 303 g/mol. The fraction of sp³-hybridized carbons (Fsp3) is 0.133. The van der Waals surface area contributed by atoms with E-state index in [4.69, 9.17) is 4.74 Å². The number of carbonyl (C=O) groups excluding carboxylic acids is 1. The van der Waals surface area contributed by atoms with E-state index in [1.54, 1.807) is 23.1 Å². The normalized spacial score (nSPS) is 10.8. The Morgan fingerprint density at radius 3 is 2.85 bits per heavy atom. The van der Waals surface area contributed by atoms with Crippen molar-refractivity contribution in [3.05, 3.63) is 47.5 Å². The van der Waals surface area contributed by atoms with Crippen LogP contribution in [0.2, 0.25) is 0 Å². The van der Waals surface area contributed by atoms with E-state index in [0.717, 1.165) is 20.0 Å². The molecule has 0 aliphatic carbocycles. The van der Waals surface area contributed by atoms with Crippen molar-refractivity contribution in [1.29, 1.82) is 0 Å². The molecule has 3 rings (SSSR count). The van der Waals surface area contributed by atoms with E-state index in [0.29, 0.717) is 12.3 Å². The largest absolute Gasteiger partial charge is 0.461 e. The van der Waals surface area contributed by atoms with E-state index in [9.17, 15) is 4.79 Å². The summed E-state index contributed by atoms with van der Waals surface area (Å²) >= 11 is 3.22. The van der Waals surface area contributed by atoms with Gasteiger partial charge in [-0.2, -0.15) is 0 Å². The van der Waals surface area contributed by atoms with E-state index in [1.165, 1.54) is 0 Å². The average molecular weight is 303 g/mol. The maximum absolute atomic E-state index is 12.1. The molecular weight excluding hydrogens is 290 g/mol. The van der Waals surface area contributed by atoms with Crippen LogP contribution in [-0.2, 0) is 4.74 Å². The van der Waals surface area contributed by atoms with Crippen LogP contribution in [0.5, 0.6) is 0 Å². The van der Waals surface area contributed by atoms with Crippen LogP contribution in [0.25, 0.3) is 10.2 Å². The molecule has 0 radical (unpaired) electrons. The fourth-order valence-corrected chi connectivity index (χ4v) is 3.97. The molecule has 0 aliphatic heterocycles. The third-order valence-corrected chi connectivity index (χ3v) is 4.98. The lowest BCUT2D eigenvalue weighted by Crippen LogP contribution is -2.06. The zero-order valence-electron chi connectivity index (χ0n) is 10.9. The number of benzene rings is 1. The highest BCUT2D eigenvalue weighted by atomic mass is 32.2. The molecule has 1 N–H and O–H groups in total. The Balaban J connectivity index is 2.04. The minimum Gasteiger partial charge on any atom is -0.461 e. The molecule has 1 aromatic carbocycles. The van der Waals surface area contributed by atoms with E-state index in [2.05, 4.69) is 4.98 Å². The van der Waals surface area contributed by atoms with Crippen molar-refractivity contribution < 1.29 is 9.53 Å². The number of aromatic amines is 1. The topological polar surface area (TPSA) is 42.1 Å². The van der Waals surface area contributed by atoms with Crippen LogP contribution in [-0.4, -0.2) is 17.6 Å². The minimum absolute atomic E-state index is 0.297. The quantitative estimate of drug-likeness (QED) is 0.719. The summed E-state index contributed by atoms with van der Waals surface area (Å²) in [5, 5.41) is 2.02. The number of hydrogen-bond acceptors (Lipinski definition) is 4. The fourth-order valence-electron chi connectivity index (χ4n) is 1.94. The van der Waals surface area contributed by atoms with Crippen molar-refractivity contribution in [2.45, 2.75) is 16.7 Å². The predicted molar refractivity (Wildman–Crippen MR) is 82.7 cm³/mol. The van der Waals surface area contributed by atoms with Crippen LogP contribution in [0.1, 0.15) is 17.4 Å². The van der Waals surface area contributed by atoms with Crippen molar-refractivity contribution in [2.75, 3.05) is 6.61 Å². The summed E-state index contributed by atoms with van der Waals surface area (Å²) in [7, 11) is 0. The number of H-pyrrole nitrogens is 1. The second-order valence-corrected chi connectivity index (χ2v) is 6.13. The second-order valence-electron chi connectivity index (χ2n) is 4.13. The van der Waals surface area contributed by atoms with E-state index in [-0.39, 0.29) is 5.97 Å². The Morgan fingerprint density at radius 1 is 1.30 bits per heavy atom. The van der Waals surface area contributed by atoms with Gasteiger partial charge in [0, 0.05) is 4.90 Å². The van der Waals surface area contributed by atoms with Crippen molar-refractivity contribution >= 4 is 39.3 Å². The highest BCUT2D eigenvalue weighted by Gasteiger charge is 2.20. The van der Waals surface area contributed by atoms with Gasteiger partial charge >= 0.3 is 5.97 Å². The van der Waals surface area contributed by atoms with Gasteiger partial charge in [-0.15, -0.1) is 11.3 Å². The molecule has 2 aromatic heterocycles. The summed E-state index contributed by atoms with van der Waals surface area (Å²) in [6, 6.07) is 12.0. The van der Waals surface area contributed by atoms with Gasteiger partial charge in [0.15, 0.2) is 0 Å². The van der Waals surface area contributed by atoms with E-state index in [1.807, 2.05) is 48.7 Å². The Labute approximate surface area is 125 Å². The lowest BCUT2D eigenvalue weighted by Gasteiger charge is -2.04. The molecule has 0 unspecified atom stereocenters. The van der Waals surface area contributed by atoms with Gasteiger partial charge in [0.2, 0.25) is 0 Å². The summed E-state index contributed by atoms with van der Waals surface area (Å²) in [5.41, 5.74) is 1.53. The number of carbonyl (C=O) groups is 1. The van der Waals surface area contributed by atoms with Crippen molar-refractivity contribution in [1.82, 2.24) is 4.98 Å². The van der Waals surface area contributed by atoms with Crippen LogP contribution < -0.4 is 0 Å². The number of fused-ring (bicyclic) bond motifs is 1. The smallest absolute Gasteiger partial charge is 0.355 e. The van der Waals surface area contributed by atoms with Gasteiger partial charge in [-0.3, -0.25) is 0 Å². The lowest BCUT2D eigenvalue weighted by molar-refractivity contribution is 0.0516. The molecule has 0 saturated heterocycles. The third kappa shape index (κ3) is 2.46. The second kappa shape index (κ2) is 5.73. The number of rotatable bonds is 4. The molecule has 3 nitrogen and oxygen atoms in total. The van der Waals surface area contributed by atoms with Crippen LogP contribution in [0.4, 0.5) is 0 Å². The standard InChI is InChI=1S/C15H13NO2S2/c1-2-18-15(17)12-14(13-11(16-12)8-9-19-13)20-10-6-4-3-5-7-10/h3-9,16H,2H2,1H3. The SMILES string of the molecule is CCOC(=O)c1[nH]c2ccsc2c1Sc1ccccc1. The van der Waals surface area contributed by atoms with Gasteiger partial charge in [0.05, 0.1) is 21.7 Å². The molecule has 0 amide bonds. The highest BCUT2D eigenvalue weighted by Crippen LogP contribution is 2.39. The van der Waals surface area contributed by atoms with Crippen molar-refractivity contribution in [3.63, 3.8) is 0 Å². The van der Waals surface area contributed by atoms with Crippen LogP contribution in [0, 0.1) is 0 Å². The van der Waals surface area contributed by atoms with Gasteiger partial charge in [0.1, 0.15) is 5.69 Å². The Morgan fingerprint density at radius 2 is 2.10 bits per heavy atom.